The predicted molar refractivity (Wildman–Crippen MR) is 42.3 cm³/mol. The molecule has 0 aromatic carbocycles. The smallest absolute Gasteiger partial charge is 0.317 e. The van der Waals surface area contributed by atoms with Crippen LogP contribution in [0.25, 0.3) is 0 Å². The molecule has 5 nitrogen and oxygen atoms in total. The number of hydrogen-bond donors (Lipinski definition) is 4. The standard InChI is InChI=1S/C7H15NO4/c1-5(2)3-7(11,12)8-4-6(9)10/h5,8,11-12H,3-4H2,1-2H3,(H,9,10). The van der Waals surface area contributed by atoms with Gasteiger partial charge in [0.15, 0.2) is 0 Å². The second-order valence-corrected chi connectivity index (χ2v) is 3.16. The van der Waals surface area contributed by atoms with Gasteiger partial charge in [0.2, 0.25) is 5.91 Å². The second kappa shape index (κ2) is 4.39. The van der Waals surface area contributed by atoms with Gasteiger partial charge in [-0.25, -0.2) is 0 Å². The summed E-state index contributed by atoms with van der Waals surface area (Å²) in [4.78, 5) is 10.0. The highest BCUT2D eigenvalue weighted by Gasteiger charge is 2.24. The Morgan fingerprint density at radius 2 is 2.00 bits per heavy atom. The van der Waals surface area contributed by atoms with Gasteiger partial charge in [-0.2, -0.15) is 0 Å². The molecule has 0 aromatic heterocycles. The van der Waals surface area contributed by atoms with Gasteiger partial charge in [0.1, 0.15) is 0 Å². The third-order valence-corrected chi connectivity index (χ3v) is 1.22. The van der Waals surface area contributed by atoms with Crippen molar-refractivity contribution >= 4 is 5.97 Å². The zero-order valence-electron chi connectivity index (χ0n) is 7.24. The van der Waals surface area contributed by atoms with Gasteiger partial charge in [-0.05, 0) is 5.92 Å². The predicted octanol–water partition coefficient (Wildman–Crippen LogP) is -0.655. The Morgan fingerprint density at radius 1 is 1.50 bits per heavy atom. The first kappa shape index (κ1) is 11.4. The molecule has 0 radical (unpaired) electrons. The van der Waals surface area contributed by atoms with E-state index in [9.17, 15) is 4.79 Å². The van der Waals surface area contributed by atoms with Crippen LogP contribution in [-0.4, -0.2) is 33.7 Å². The molecule has 0 saturated carbocycles. The van der Waals surface area contributed by atoms with Crippen molar-refractivity contribution in [1.82, 2.24) is 5.32 Å². The second-order valence-electron chi connectivity index (χ2n) is 3.16. The average Bonchev–Trinajstić information content (AvgIpc) is 1.81. The molecular formula is C7H15NO4. The Hall–Kier alpha value is -0.650. The van der Waals surface area contributed by atoms with Crippen LogP contribution in [0, 0.1) is 5.92 Å². The molecule has 0 heterocycles. The molecule has 0 amide bonds. The van der Waals surface area contributed by atoms with E-state index >= 15 is 0 Å². The first-order chi connectivity index (χ1) is 5.33. The molecule has 4 N–H and O–H groups in total. The minimum atomic E-state index is -2.08. The van der Waals surface area contributed by atoms with Crippen LogP contribution in [-0.2, 0) is 4.79 Å². The maximum atomic E-state index is 10.0. The van der Waals surface area contributed by atoms with E-state index in [2.05, 4.69) is 5.32 Å². The lowest BCUT2D eigenvalue weighted by molar-refractivity contribution is -0.197. The summed E-state index contributed by atoms with van der Waals surface area (Å²) >= 11 is 0. The molecule has 0 aromatic rings. The number of rotatable bonds is 5. The van der Waals surface area contributed by atoms with Crippen molar-refractivity contribution in [2.45, 2.75) is 26.2 Å². The minimum Gasteiger partial charge on any atom is -0.480 e. The third-order valence-electron chi connectivity index (χ3n) is 1.22. The largest absolute Gasteiger partial charge is 0.480 e. The quantitative estimate of drug-likeness (QED) is 0.419. The number of carboxylic acids is 1. The van der Waals surface area contributed by atoms with E-state index in [0.717, 1.165) is 0 Å². The summed E-state index contributed by atoms with van der Waals surface area (Å²) in [5, 5.41) is 28.6. The Morgan fingerprint density at radius 3 is 2.33 bits per heavy atom. The van der Waals surface area contributed by atoms with Crippen molar-refractivity contribution in [3.63, 3.8) is 0 Å². The summed E-state index contributed by atoms with van der Waals surface area (Å²) in [6, 6.07) is 0. The zero-order chi connectivity index (χ0) is 9.78. The lowest BCUT2D eigenvalue weighted by Crippen LogP contribution is -2.48. The molecule has 0 saturated heterocycles. The Labute approximate surface area is 71.0 Å². The average molecular weight is 177 g/mol. The number of hydrogen-bond acceptors (Lipinski definition) is 4. The van der Waals surface area contributed by atoms with E-state index in [4.69, 9.17) is 15.3 Å². The highest BCUT2D eigenvalue weighted by atomic mass is 16.5. The van der Waals surface area contributed by atoms with E-state index in [1.165, 1.54) is 0 Å². The topological polar surface area (TPSA) is 89.8 Å². The van der Waals surface area contributed by atoms with Crippen molar-refractivity contribution in [3.8, 4) is 0 Å². The van der Waals surface area contributed by atoms with Crippen LogP contribution in [0.5, 0.6) is 0 Å². The summed E-state index contributed by atoms with van der Waals surface area (Å²) in [5.74, 6) is -3.11. The fourth-order valence-corrected chi connectivity index (χ4v) is 0.859. The van der Waals surface area contributed by atoms with Crippen LogP contribution in [0.4, 0.5) is 0 Å². The van der Waals surface area contributed by atoms with Crippen molar-refractivity contribution in [2.75, 3.05) is 6.54 Å². The van der Waals surface area contributed by atoms with E-state index in [0.29, 0.717) is 0 Å². The fourth-order valence-electron chi connectivity index (χ4n) is 0.859. The number of carbonyl (C=O) groups is 1. The van der Waals surface area contributed by atoms with Gasteiger partial charge < -0.3 is 15.3 Å². The van der Waals surface area contributed by atoms with E-state index in [-0.39, 0.29) is 12.3 Å². The maximum absolute atomic E-state index is 10.0. The maximum Gasteiger partial charge on any atom is 0.317 e. The summed E-state index contributed by atoms with van der Waals surface area (Å²) < 4.78 is 0. The van der Waals surface area contributed by atoms with E-state index in [1.807, 2.05) is 13.8 Å². The molecule has 0 rings (SSSR count). The van der Waals surface area contributed by atoms with Crippen molar-refractivity contribution in [3.05, 3.63) is 0 Å². The first-order valence-electron chi connectivity index (χ1n) is 3.75. The van der Waals surface area contributed by atoms with Crippen molar-refractivity contribution in [1.29, 1.82) is 0 Å². The number of carboxylic acid groups (broad SMARTS) is 1. The van der Waals surface area contributed by atoms with Gasteiger partial charge in [0.25, 0.3) is 0 Å². The Balaban J connectivity index is 3.78. The normalized spacial score (nSPS) is 12.1. The molecule has 0 fully saturated rings. The lowest BCUT2D eigenvalue weighted by Gasteiger charge is -2.23. The van der Waals surface area contributed by atoms with Crippen LogP contribution in [0.1, 0.15) is 20.3 Å². The lowest BCUT2D eigenvalue weighted by atomic mass is 10.1. The number of nitrogens with one attached hydrogen (secondary N) is 1. The zero-order valence-corrected chi connectivity index (χ0v) is 7.24. The molecule has 12 heavy (non-hydrogen) atoms. The van der Waals surface area contributed by atoms with Gasteiger partial charge in [-0.1, -0.05) is 13.8 Å². The van der Waals surface area contributed by atoms with E-state index in [1.54, 1.807) is 0 Å². The van der Waals surface area contributed by atoms with Crippen LogP contribution in [0.2, 0.25) is 0 Å². The highest BCUT2D eigenvalue weighted by Crippen LogP contribution is 2.09. The van der Waals surface area contributed by atoms with Gasteiger partial charge in [0, 0.05) is 6.42 Å². The third kappa shape index (κ3) is 6.09. The molecule has 0 bridgehead atoms. The minimum absolute atomic E-state index is 0.0845. The van der Waals surface area contributed by atoms with Crippen LogP contribution >= 0.6 is 0 Å². The van der Waals surface area contributed by atoms with E-state index < -0.39 is 18.4 Å². The highest BCUT2D eigenvalue weighted by molar-refractivity contribution is 5.69. The first-order valence-corrected chi connectivity index (χ1v) is 3.75. The Bertz CT molecular complexity index is 155. The van der Waals surface area contributed by atoms with Crippen LogP contribution in [0.3, 0.4) is 0 Å². The number of aliphatic hydroxyl groups is 2. The Kier molecular flexibility index (Phi) is 4.16. The van der Waals surface area contributed by atoms with Crippen molar-refractivity contribution in [2.24, 2.45) is 5.92 Å². The molecule has 72 valence electrons. The molecule has 0 spiro atoms. The summed E-state index contributed by atoms with van der Waals surface area (Å²) in [6.45, 7) is 3.16. The summed E-state index contributed by atoms with van der Waals surface area (Å²) in [5.41, 5.74) is 0. The summed E-state index contributed by atoms with van der Waals surface area (Å²) in [6.07, 6.45) is 0.0975. The monoisotopic (exact) mass is 177 g/mol. The molecule has 0 aliphatic carbocycles. The van der Waals surface area contributed by atoms with Crippen molar-refractivity contribution < 1.29 is 20.1 Å². The summed E-state index contributed by atoms with van der Waals surface area (Å²) in [7, 11) is 0. The van der Waals surface area contributed by atoms with Gasteiger partial charge in [-0.3, -0.25) is 10.1 Å². The van der Waals surface area contributed by atoms with Crippen LogP contribution in [0.15, 0.2) is 0 Å². The van der Waals surface area contributed by atoms with Gasteiger partial charge in [-0.15, -0.1) is 0 Å². The fraction of sp³-hybridized carbons (Fsp3) is 0.857. The van der Waals surface area contributed by atoms with Gasteiger partial charge in [0.05, 0.1) is 6.54 Å². The molecule has 0 atom stereocenters. The van der Waals surface area contributed by atoms with Crippen LogP contribution < -0.4 is 5.32 Å². The molecule has 0 aliphatic heterocycles. The SMILES string of the molecule is CC(C)CC(O)(O)NCC(=O)O. The molecule has 5 heteroatoms. The molecule has 0 unspecified atom stereocenters. The molecule has 0 aliphatic rings. The van der Waals surface area contributed by atoms with Gasteiger partial charge >= 0.3 is 5.97 Å². The molecular weight excluding hydrogens is 162 g/mol. The number of aliphatic carboxylic acids is 1.